The second-order valence-corrected chi connectivity index (χ2v) is 9.08. The maximum Gasteiger partial charge on any atom is 0.259 e. The van der Waals surface area contributed by atoms with E-state index in [0.29, 0.717) is 26.1 Å². The van der Waals surface area contributed by atoms with E-state index < -0.39 is 93.3 Å². The van der Waals surface area contributed by atoms with Crippen LogP contribution in [-0.4, -0.2) is 69.0 Å². The predicted octanol–water partition coefficient (Wildman–Crippen LogP) is 5.20. The van der Waals surface area contributed by atoms with Crippen LogP contribution in [0.1, 0.15) is 59.2 Å². The number of anilines is 1. The van der Waals surface area contributed by atoms with Gasteiger partial charge in [0.05, 0.1) is 0 Å². The number of hydrogen-bond acceptors (Lipinski definition) is 8. The molecule has 2 aliphatic heterocycles. The third-order valence-corrected chi connectivity index (χ3v) is 6.30. The summed E-state index contributed by atoms with van der Waals surface area (Å²) >= 11 is 0. The zero-order chi connectivity index (χ0) is 35.8. The molecule has 2 fully saturated rings. The summed E-state index contributed by atoms with van der Waals surface area (Å²) in [6, 6.07) is 0. The lowest BCUT2D eigenvalue weighted by molar-refractivity contribution is -0.00333. The number of azide groups is 1. The molecule has 2 aromatic rings. The fraction of sp³-hybridized carbons (Fsp3) is 0.481. The maximum absolute atomic E-state index is 13.8. The zero-order valence-electron chi connectivity index (χ0n) is 25.2. The van der Waals surface area contributed by atoms with Crippen molar-refractivity contribution in [2.24, 2.45) is 5.11 Å². The fourth-order valence-corrected chi connectivity index (χ4v) is 4.15. The molecule has 0 bridgehead atoms. The van der Waals surface area contributed by atoms with Crippen molar-refractivity contribution in [3.63, 3.8) is 0 Å². The molecule has 2 saturated heterocycles. The molecule has 12 nitrogen and oxygen atoms in total. The van der Waals surface area contributed by atoms with E-state index >= 15 is 0 Å². The molecule has 0 aliphatic carbocycles. The number of carbonyl (C=O) groups is 2. The standard InChI is InChI=1S/C13H14F4N2O2.C12H10F4N4O2.2CH4O/c1-18-12-10(16)8(14)7(9(15)11(12)17)13(20)19-6-4-2-3-5-21-6;13-7-6(12(21)18-5-3-1-2-4-22-5)8(14)10(16)11(9(7)15)19-20-17;2*1-2/h6,18H,2-5H2,1H3,(H,19,20);5H,1-4H2,(H,18,21);2*2H,1H3. The predicted molar refractivity (Wildman–Crippen MR) is 149 cm³/mol. The number of hydrogen-bond donors (Lipinski definition) is 5. The van der Waals surface area contributed by atoms with Crippen molar-refractivity contribution in [1.29, 1.82) is 0 Å². The zero-order valence-corrected chi connectivity index (χ0v) is 25.2. The summed E-state index contributed by atoms with van der Waals surface area (Å²) in [4.78, 5) is 25.7. The minimum atomic E-state index is -1.94. The number of nitrogens with zero attached hydrogens (tertiary/aromatic N) is 3. The van der Waals surface area contributed by atoms with Crippen LogP contribution in [0.3, 0.4) is 0 Å². The summed E-state index contributed by atoms with van der Waals surface area (Å²) in [6.07, 6.45) is 2.47. The number of rotatable bonds is 6. The van der Waals surface area contributed by atoms with E-state index in [2.05, 4.69) is 20.7 Å². The van der Waals surface area contributed by atoms with Crippen LogP contribution >= 0.6 is 0 Å². The number of aliphatic hydroxyl groups is 2. The van der Waals surface area contributed by atoms with E-state index in [1.807, 2.05) is 5.32 Å². The number of halogens is 8. The normalized spacial score (nSPS) is 16.8. The summed E-state index contributed by atoms with van der Waals surface area (Å²) in [5.41, 5.74) is 2.97. The Labute approximate surface area is 262 Å². The molecular formula is C27H32F8N6O6. The topological polar surface area (TPSA) is 178 Å². The summed E-state index contributed by atoms with van der Waals surface area (Å²) in [5.74, 6) is -17.1. The van der Waals surface area contributed by atoms with Gasteiger partial charge in [0.15, 0.2) is 46.5 Å². The van der Waals surface area contributed by atoms with Crippen molar-refractivity contribution in [2.45, 2.75) is 51.0 Å². The minimum absolute atomic E-state index is 0.356. The van der Waals surface area contributed by atoms with Gasteiger partial charge in [0, 0.05) is 39.4 Å². The first kappa shape index (κ1) is 40.8. The lowest BCUT2D eigenvalue weighted by Gasteiger charge is -2.23. The Kier molecular flexibility index (Phi) is 17.4. The van der Waals surface area contributed by atoms with Crippen LogP contribution < -0.4 is 16.0 Å². The molecular weight excluding hydrogens is 656 g/mol. The smallest absolute Gasteiger partial charge is 0.259 e. The van der Waals surface area contributed by atoms with Crippen molar-refractivity contribution in [3.8, 4) is 0 Å². The highest BCUT2D eigenvalue weighted by Gasteiger charge is 2.32. The van der Waals surface area contributed by atoms with Crippen molar-refractivity contribution in [3.05, 3.63) is 68.1 Å². The summed E-state index contributed by atoms with van der Waals surface area (Å²) < 4.78 is 120. The quantitative estimate of drug-likeness (QED) is 0.0911. The second kappa shape index (κ2) is 20.1. The summed E-state index contributed by atoms with van der Waals surface area (Å²) in [5, 5.41) is 22.9. The minimum Gasteiger partial charge on any atom is -0.400 e. The lowest BCUT2D eigenvalue weighted by atomic mass is 10.1. The first-order valence-corrected chi connectivity index (χ1v) is 13.6. The Balaban J connectivity index is 0.000000425. The summed E-state index contributed by atoms with van der Waals surface area (Å²) in [7, 11) is 3.11. The SMILES string of the molecule is CNc1c(F)c(F)c(C(=O)NC2CCCCO2)c(F)c1F.CO.CO.[N-]=[N+]=Nc1c(F)c(F)c(C(=O)NC2CCCCO2)c(F)c1F. The van der Waals surface area contributed by atoms with Gasteiger partial charge in [-0.15, -0.1) is 0 Å². The average Bonchev–Trinajstić information content (AvgIpc) is 3.08. The molecule has 2 atom stereocenters. The van der Waals surface area contributed by atoms with Crippen molar-refractivity contribution >= 4 is 23.2 Å². The van der Waals surface area contributed by atoms with Crippen LogP contribution in [0.5, 0.6) is 0 Å². The number of nitrogens with one attached hydrogen (secondary N) is 3. The Morgan fingerprint density at radius 2 is 1.04 bits per heavy atom. The van der Waals surface area contributed by atoms with Crippen LogP contribution in [0.25, 0.3) is 10.4 Å². The Bertz CT molecular complexity index is 1380. The lowest BCUT2D eigenvalue weighted by Crippen LogP contribution is -2.40. The van der Waals surface area contributed by atoms with Crippen LogP contribution in [0, 0.1) is 46.5 Å². The van der Waals surface area contributed by atoms with Crippen LogP contribution in [0.2, 0.25) is 0 Å². The van der Waals surface area contributed by atoms with Crippen molar-refractivity contribution in [1.82, 2.24) is 10.6 Å². The van der Waals surface area contributed by atoms with Gasteiger partial charge in [-0.3, -0.25) is 9.59 Å². The van der Waals surface area contributed by atoms with E-state index in [1.54, 1.807) is 0 Å². The van der Waals surface area contributed by atoms with Gasteiger partial charge in [0.1, 0.15) is 35.0 Å². The van der Waals surface area contributed by atoms with Crippen molar-refractivity contribution < 1.29 is 64.4 Å². The Morgan fingerprint density at radius 1 is 0.681 bits per heavy atom. The van der Waals surface area contributed by atoms with E-state index in [4.69, 9.17) is 25.2 Å². The molecule has 262 valence electrons. The number of amides is 2. The van der Waals surface area contributed by atoms with Gasteiger partial charge in [0.2, 0.25) is 0 Å². The van der Waals surface area contributed by atoms with Gasteiger partial charge in [-0.1, -0.05) is 5.11 Å². The Hall–Kier alpha value is -4.23. The van der Waals surface area contributed by atoms with Crippen LogP contribution in [-0.2, 0) is 9.47 Å². The van der Waals surface area contributed by atoms with E-state index in [1.165, 1.54) is 0 Å². The number of ether oxygens (including phenoxy) is 2. The van der Waals surface area contributed by atoms with Gasteiger partial charge >= 0.3 is 0 Å². The highest BCUT2D eigenvalue weighted by atomic mass is 19.2. The molecule has 2 amide bonds. The third kappa shape index (κ3) is 10.1. The second-order valence-electron chi connectivity index (χ2n) is 9.08. The molecule has 2 aromatic carbocycles. The molecule has 20 heteroatoms. The molecule has 0 aromatic heterocycles. The molecule has 5 N–H and O–H groups in total. The average molecular weight is 689 g/mol. The van der Waals surface area contributed by atoms with E-state index in [0.717, 1.165) is 47.0 Å². The first-order valence-electron chi connectivity index (χ1n) is 13.6. The van der Waals surface area contributed by atoms with Crippen molar-refractivity contribution in [2.75, 3.05) is 39.8 Å². The van der Waals surface area contributed by atoms with Crippen LogP contribution in [0.4, 0.5) is 46.5 Å². The van der Waals surface area contributed by atoms with Gasteiger partial charge in [-0.2, -0.15) is 0 Å². The molecule has 47 heavy (non-hydrogen) atoms. The van der Waals surface area contributed by atoms with Gasteiger partial charge in [0.25, 0.3) is 11.8 Å². The highest BCUT2D eigenvalue weighted by Crippen LogP contribution is 2.31. The van der Waals surface area contributed by atoms with Gasteiger partial charge in [-0.25, -0.2) is 35.1 Å². The molecule has 0 spiro atoms. The van der Waals surface area contributed by atoms with Gasteiger partial charge in [-0.05, 0) is 44.1 Å². The molecule has 2 unspecified atom stereocenters. The molecule has 0 saturated carbocycles. The number of carbonyl (C=O) groups excluding carboxylic acids is 2. The van der Waals surface area contributed by atoms with E-state index in [9.17, 15) is 44.7 Å². The third-order valence-electron chi connectivity index (χ3n) is 6.30. The maximum atomic E-state index is 13.8. The van der Waals surface area contributed by atoms with Gasteiger partial charge < -0.3 is 35.6 Å². The molecule has 2 aliphatic rings. The largest absolute Gasteiger partial charge is 0.400 e. The number of aliphatic hydroxyl groups excluding tert-OH is 2. The molecule has 4 rings (SSSR count). The van der Waals surface area contributed by atoms with Crippen LogP contribution in [0.15, 0.2) is 5.11 Å². The molecule has 0 radical (unpaired) electrons. The first-order chi connectivity index (χ1) is 22.4. The molecule has 2 heterocycles. The Morgan fingerprint density at radius 3 is 1.34 bits per heavy atom. The summed E-state index contributed by atoms with van der Waals surface area (Å²) in [6.45, 7) is 0.756. The fourth-order valence-electron chi connectivity index (χ4n) is 4.15. The monoisotopic (exact) mass is 688 g/mol. The highest BCUT2D eigenvalue weighted by molar-refractivity contribution is 5.96. The number of benzene rings is 2. The van der Waals surface area contributed by atoms with E-state index in [-0.39, 0.29) is 0 Å².